The van der Waals surface area contributed by atoms with Gasteiger partial charge in [0.05, 0.1) is 18.4 Å². The van der Waals surface area contributed by atoms with Gasteiger partial charge in [0, 0.05) is 10.4 Å². The molecule has 148 valence electrons. The van der Waals surface area contributed by atoms with Crippen molar-refractivity contribution in [2.24, 2.45) is 0 Å². The molecule has 0 saturated heterocycles. The van der Waals surface area contributed by atoms with Crippen LogP contribution in [0.5, 0.6) is 5.75 Å². The van der Waals surface area contributed by atoms with Crippen molar-refractivity contribution < 1.29 is 17.9 Å². The van der Waals surface area contributed by atoms with Gasteiger partial charge >= 0.3 is 0 Å². The van der Waals surface area contributed by atoms with Crippen molar-refractivity contribution in [2.45, 2.75) is 13.0 Å². The quantitative estimate of drug-likeness (QED) is 0.530. The smallest absolute Gasteiger partial charge is 0.232 e. The van der Waals surface area contributed by atoms with E-state index in [0.29, 0.717) is 16.5 Å². The van der Waals surface area contributed by atoms with Gasteiger partial charge in [-0.3, -0.25) is 9.52 Å². The number of anilines is 2. The van der Waals surface area contributed by atoms with Crippen LogP contribution in [-0.4, -0.2) is 35.8 Å². The third-order valence-corrected chi connectivity index (χ3v) is 5.63. The molecule has 2 aromatic heterocycles. The van der Waals surface area contributed by atoms with Gasteiger partial charge in [0.1, 0.15) is 17.4 Å². The van der Waals surface area contributed by atoms with E-state index in [1.165, 1.54) is 11.3 Å². The molecule has 0 unspecified atom stereocenters. The Bertz CT molecular complexity index is 1070. The number of rotatable bonds is 8. The maximum Gasteiger partial charge on any atom is 0.232 e. The number of benzene rings is 1. The number of hydrogen-bond donors (Lipinski definition) is 2. The van der Waals surface area contributed by atoms with Crippen LogP contribution in [0.2, 0.25) is 5.02 Å². The van der Waals surface area contributed by atoms with Gasteiger partial charge in [-0.25, -0.2) is 13.4 Å². The third-order valence-electron chi connectivity index (χ3n) is 3.06. The normalized spacial score (nSPS) is 11.2. The van der Waals surface area contributed by atoms with Gasteiger partial charge in [-0.1, -0.05) is 22.9 Å². The molecule has 9 nitrogen and oxygen atoms in total. The number of amides is 1. The van der Waals surface area contributed by atoms with E-state index in [-0.39, 0.29) is 29.2 Å². The summed E-state index contributed by atoms with van der Waals surface area (Å²) in [7, 11) is -3.45. The summed E-state index contributed by atoms with van der Waals surface area (Å²) >= 11 is 8.13. The second-order valence-electron chi connectivity index (χ2n) is 5.49. The zero-order chi connectivity index (χ0) is 20.1. The zero-order valence-corrected chi connectivity index (χ0v) is 17.6. The lowest BCUT2D eigenvalue weighted by molar-refractivity contribution is -0.115. The van der Waals surface area contributed by atoms with Crippen molar-refractivity contribution in [2.75, 3.05) is 16.3 Å². The first kappa shape index (κ1) is 20.5. The minimum Gasteiger partial charge on any atom is -0.486 e. The van der Waals surface area contributed by atoms with Crippen LogP contribution in [0.25, 0.3) is 0 Å². The van der Waals surface area contributed by atoms with Crippen molar-refractivity contribution in [3.8, 4) is 5.75 Å². The molecule has 0 saturated carbocycles. The molecule has 0 spiro atoms. The number of ether oxygens (including phenoxy) is 1. The first-order valence-electron chi connectivity index (χ1n) is 7.69. The molecule has 2 heterocycles. The van der Waals surface area contributed by atoms with Crippen LogP contribution in [0, 0.1) is 0 Å². The number of sulfonamides is 1. The molecule has 0 aliphatic rings. The molecule has 13 heteroatoms. The fourth-order valence-corrected chi connectivity index (χ4v) is 4.29. The van der Waals surface area contributed by atoms with E-state index in [2.05, 4.69) is 25.2 Å². The van der Waals surface area contributed by atoms with Gasteiger partial charge in [0.25, 0.3) is 0 Å². The van der Waals surface area contributed by atoms with Crippen LogP contribution in [0.4, 0.5) is 10.3 Å². The van der Waals surface area contributed by atoms with E-state index >= 15 is 0 Å². The fourth-order valence-electron chi connectivity index (χ4n) is 1.97. The molecule has 1 amide bonds. The van der Waals surface area contributed by atoms with Crippen LogP contribution in [-0.2, 0) is 27.8 Å². The summed E-state index contributed by atoms with van der Waals surface area (Å²) in [6.45, 7) is 0.283. The summed E-state index contributed by atoms with van der Waals surface area (Å²) in [4.78, 5) is 16.5. The molecule has 0 aliphatic heterocycles. The highest BCUT2D eigenvalue weighted by molar-refractivity contribution is 7.92. The van der Waals surface area contributed by atoms with Gasteiger partial charge in [-0.2, -0.15) is 0 Å². The Morgan fingerprint density at radius 2 is 1.93 bits per heavy atom. The molecule has 3 rings (SSSR count). The minimum atomic E-state index is -3.45. The van der Waals surface area contributed by atoms with E-state index < -0.39 is 10.0 Å². The number of aromatic nitrogens is 3. The lowest BCUT2D eigenvalue weighted by Crippen LogP contribution is -2.14. The average Bonchev–Trinajstić information content (AvgIpc) is 3.22. The van der Waals surface area contributed by atoms with Crippen LogP contribution in [0.3, 0.4) is 0 Å². The average molecular weight is 460 g/mol. The van der Waals surface area contributed by atoms with Crippen molar-refractivity contribution in [3.05, 3.63) is 45.4 Å². The Morgan fingerprint density at radius 3 is 2.64 bits per heavy atom. The van der Waals surface area contributed by atoms with Gasteiger partial charge in [0.2, 0.25) is 26.2 Å². The highest BCUT2D eigenvalue weighted by Gasteiger charge is 2.13. The molecule has 0 atom stereocenters. The summed E-state index contributed by atoms with van der Waals surface area (Å²) in [5, 5.41) is 13.3. The Labute approximate surface area is 173 Å². The predicted molar refractivity (Wildman–Crippen MR) is 109 cm³/mol. The Kier molecular flexibility index (Phi) is 6.44. The number of nitrogens with zero attached hydrogens (tertiary/aromatic N) is 3. The van der Waals surface area contributed by atoms with Crippen molar-refractivity contribution in [3.63, 3.8) is 0 Å². The van der Waals surface area contributed by atoms with Crippen molar-refractivity contribution in [1.82, 2.24) is 15.2 Å². The lowest BCUT2D eigenvalue weighted by atomic mass is 10.3. The summed E-state index contributed by atoms with van der Waals surface area (Å²) in [5.41, 5.74) is 0.594. The van der Waals surface area contributed by atoms with Crippen molar-refractivity contribution in [1.29, 1.82) is 0 Å². The van der Waals surface area contributed by atoms with Gasteiger partial charge in [0.15, 0.2) is 0 Å². The summed E-state index contributed by atoms with van der Waals surface area (Å²) in [5.74, 6) is 0.339. The monoisotopic (exact) mass is 459 g/mol. The summed E-state index contributed by atoms with van der Waals surface area (Å²) < 4.78 is 30.1. The molecular weight excluding hydrogens is 446 g/mol. The molecule has 3 aromatic rings. The Balaban J connectivity index is 1.50. The van der Waals surface area contributed by atoms with E-state index in [9.17, 15) is 13.2 Å². The second-order valence-corrected chi connectivity index (χ2v) is 9.59. The number of halogens is 1. The van der Waals surface area contributed by atoms with Gasteiger partial charge < -0.3 is 10.1 Å². The maximum absolute atomic E-state index is 12.1. The molecule has 2 N–H and O–H groups in total. The minimum absolute atomic E-state index is 0.0475. The van der Waals surface area contributed by atoms with E-state index in [4.69, 9.17) is 16.3 Å². The Hall–Kier alpha value is -2.28. The summed E-state index contributed by atoms with van der Waals surface area (Å²) in [6.07, 6.45) is 1.05. The molecule has 0 bridgehead atoms. The van der Waals surface area contributed by atoms with Gasteiger partial charge in [-0.05, 0) is 24.3 Å². The summed E-state index contributed by atoms with van der Waals surface area (Å²) in [6, 6.07) is 7.00. The van der Waals surface area contributed by atoms with Crippen LogP contribution in [0.15, 0.2) is 29.6 Å². The zero-order valence-electron chi connectivity index (χ0n) is 14.4. The standard InChI is InChI=1S/C15H14ClN5O4S3/c1-28(23,24)21-15-20-19-14(27-15)18-12(22)6-10-8-26-13(17-10)7-25-11-4-2-9(16)3-5-11/h2-5,8H,6-7H2,1H3,(H,20,21)(H,18,19,22). The molecule has 0 fully saturated rings. The maximum atomic E-state index is 12.1. The predicted octanol–water partition coefficient (Wildman–Crippen LogP) is 2.78. The van der Waals surface area contributed by atoms with E-state index in [1.807, 2.05) is 0 Å². The van der Waals surface area contributed by atoms with Crippen LogP contribution >= 0.6 is 34.3 Å². The topological polar surface area (TPSA) is 123 Å². The fraction of sp³-hybridized carbons (Fsp3) is 0.200. The SMILES string of the molecule is CS(=O)(=O)Nc1nnc(NC(=O)Cc2csc(COc3ccc(Cl)cc3)n2)s1. The Morgan fingerprint density at radius 1 is 1.21 bits per heavy atom. The number of carbonyl (C=O) groups is 1. The van der Waals surface area contributed by atoms with E-state index in [1.54, 1.807) is 29.6 Å². The highest BCUT2D eigenvalue weighted by Crippen LogP contribution is 2.21. The number of carbonyl (C=O) groups excluding carboxylic acids is 1. The van der Waals surface area contributed by atoms with E-state index in [0.717, 1.165) is 22.6 Å². The first-order chi connectivity index (χ1) is 13.3. The molecular formula is C15H14ClN5O4S3. The number of thiazole rings is 1. The second kappa shape index (κ2) is 8.82. The number of nitrogens with one attached hydrogen (secondary N) is 2. The largest absolute Gasteiger partial charge is 0.486 e. The molecule has 0 aliphatic carbocycles. The van der Waals surface area contributed by atoms with Crippen LogP contribution < -0.4 is 14.8 Å². The number of hydrogen-bond acceptors (Lipinski definition) is 9. The van der Waals surface area contributed by atoms with Gasteiger partial charge in [-0.15, -0.1) is 21.5 Å². The molecule has 28 heavy (non-hydrogen) atoms. The molecule has 1 aromatic carbocycles. The highest BCUT2D eigenvalue weighted by atomic mass is 35.5. The molecule has 0 radical (unpaired) electrons. The third kappa shape index (κ3) is 6.41. The lowest BCUT2D eigenvalue weighted by Gasteiger charge is -2.03. The van der Waals surface area contributed by atoms with Crippen molar-refractivity contribution >= 4 is 60.5 Å². The van der Waals surface area contributed by atoms with Crippen LogP contribution in [0.1, 0.15) is 10.7 Å². The first-order valence-corrected chi connectivity index (χ1v) is 11.7.